The van der Waals surface area contributed by atoms with Crippen molar-refractivity contribution in [2.75, 3.05) is 0 Å². The van der Waals surface area contributed by atoms with E-state index in [4.69, 9.17) is 0 Å². The summed E-state index contributed by atoms with van der Waals surface area (Å²) in [7, 11) is 0. The molecule has 0 aliphatic carbocycles. The summed E-state index contributed by atoms with van der Waals surface area (Å²) in [5, 5.41) is 1.52. The minimum absolute atomic E-state index is 0.479. The molecule has 2 heteroatoms. The van der Waals surface area contributed by atoms with Crippen molar-refractivity contribution in [1.29, 1.82) is 0 Å². The van der Waals surface area contributed by atoms with Crippen molar-refractivity contribution >= 4 is 16.6 Å². The zero-order chi connectivity index (χ0) is 5.70. The number of allylic oxidation sites excluding steroid dienone is 2. The van der Waals surface area contributed by atoms with Crippen molar-refractivity contribution in [2.24, 2.45) is 0 Å². The summed E-state index contributed by atoms with van der Waals surface area (Å²) in [6.07, 6.45) is 1.79. The Morgan fingerprint density at radius 1 is 1.57 bits per heavy atom. The Morgan fingerprint density at radius 2 is 2.14 bits per heavy atom. The third kappa shape index (κ3) is 5.63. The third-order valence-corrected chi connectivity index (χ3v) is 0.704. The second-order valence-corrected chi connectivity index (χ2v) is 1.94. The Balaban J connectivity index is 3.69. The largest absolute Gasteiger partial charge is 0.212 e. The van der Waals surface area contributed by atoms with Gasteiger partial charge in [-0.3, -0.25) is 0 Å². The zero-order valence-electron chi connectivity index (χ0n) is 4.47. The molecule has 0 saturated carbocycles. The van der Waals surface area contributed by atoms with Crippen LogP contribution in [0.4, 0.5) is 0 Å². The highest BCUT2D eigenvalue weighted by Crippen LogP contribution is 1.81. The van der Waals surface area contributed by atoms with E-state index in [1.165, 1.54) is 5.37 Å². The molecule has 0 atom stereocenters. The smallest absolute Gasteiger partial charge is 0.0885 e. The molecule has 0 amide bonds. The first kappa shape index (κ1) is 6.63. The molecular formula is C5H8OS. The van der Waals surface area contributed by atoms with Crippen LogP contribution in [0.15, 0.2) is 11.6 Å². The molecule has 0 saturated heterocycles. The molecule has 40 valence electrons. The van der Waals surface area contributed by atoms with Crippen LogP contribution in [0.2, 0.25) is 0 Å². The Labute approximate surface area is 47.1 Å². The Hall–Kier alpha value is -0.370. The van der Waals surface area contributed by atoms with Gasteiger partial charge in [-0.1, -0.05) is 11.6 Å². The fourth-order valence-electron chi connectivity index (χ4n) is 0.164. The van der Waals surface area contributed by atoms with Gasteiger partial charge in [0.1, 0.15) is 0 Å². The van der Waals surface area contributed by atoms with E-state index in [0.29, 0.717) is 11.3 Å². The third-order valence-electron chi connectivity index (χ3n) is 0.457. The van der Waals surface area contributed by atoms with Gasteiger partial charge in [0.2, 0.25) is 0 Å². The maximum atomic E-state index is 9.65. The SMILES string of the molecule is CC(C)=CC=S=O. The fourth-order valence-corrected chi connectivity index (χ4v) is 0.492. The second kappa shape index (κ2) is 3.81. The summed E-state index contributed by atoms with van der Waals surface area (Å²) in [4.78, 5) is 0. The van der Waals surface area contributed by atoms with E-state index in [2.05, 4.69) is 0 Å². The lowest BCUT2D eigenvalue weighted by atomic mass is 10.3. The van der Waals surface area contributed by atoms with Gasteiger partial charge in [-0.25, -0.2) is 4.21 Å². The van der Waals surface area contributed by atoms with Crippen molar-refractivity contribution < 1.29 is 4.21 Å². The summed E-state index contributed by atoms with van der Waals surface area (Å²) < 4.78 is 9.65. The molecule has 0 fully saturated rings. The van der Waals surface area contributed by atoms with Crippen LogP contribution in [-0.2, 0) is 11.3 Å². The van der Waals surface area contributed by atoms with Gasteiger partial charge in [0.25, 0.3) is 0 Å². The highest BCUT2D eigenvalue weighted by atomic mass is 32.1. The van der Waals surface area contributed by atoms with Gasteiger partial charge in [0.15, 0.2) is 0 Å². The van der Waals surface area contributed by atoms with Gasteiger partial charge in [-0.2, -0.15) is 0 Å². The molecule has 0 aliphatic rings. The van der Waals surface area contributed by atoms with Crippen LogP contribution in [-0.4, -0.2) is 9.58 Å². The topological polar surface area (TPSA) is 17.1 Å². The summed E-state index contributed by atoms with van der Waals surface area (Å²) in [6, 6.07) is 0. The van der Waals surface area contributed by atoms with Crippen LogP contribution in [0.1, 0.15) is 13.8 Å². The van der Waals surface area contributed by atoms with E-state index in [-0.39, 0.29) is 0 Å². The predicted molar refractivity (Wildman–Crippen MR) is 33.6 cm³/mol. The van der Waals surface area contributed by atoms with E-state index in [1.807, 2.05) is 13.8 Å². The quantitative estimate of drug-likeness (QED) is 0.368. The molecule has 0 heterocycles. The molecule has 1 nitrogen and oxygen atoms in total. The van der Waals surface area contributed by atoms with Crippen molar-refractivity contribution in [3.8, 4) is 0 Å². The monoisotopic (exact) mass is 116 g/mol. The van der Waals surface area contributed by atoms with Crippen LogP contribution < -0.4 is 0 Å². The van der Waals surface area contributed by atoms with Crippen molar-refractivity contribution in [1.82, 2.24) is 0 Å². The highest BCUT2D eigenvalue weighted by Gasteiger charge is 1.66. The number of hydrogen-bond donors (Lipinski definition) is 0. The number of hydrogen-bond acceptors (Lipinski definition) is 1. The van der Waals surface area contributed by atoms with E-state index in [0.717, 1.165) is 5.57 Å². The molecule has 0 aromatic heterocycles. The summed E-state index contributed by atoms with van der Waals surface area (Å²) in [5.41, 5.74) is 1.16. The van der Waals surface area contributed by atoms with E-state index < -0.39 is 0 Å². The lowest BCUT2D eigenvalue weighted by Crippen LogP contribution is -1.64. The van der Waals surface area contributed by atoms with Crippen LogP contribution in [0, 0.1) is 0 Å². The average Bonchev–Trinajstić information content (AvgIpc) is 1.61. The van der Waals surface area contributed by atoms with E-state index in [9.17, 15) is 4.21 Å². The van der Waals surface area contributed by atoms with Crippen molar-refractivity contribution in [3.05, 3.63) is 11.6 Å². The molecule has 7 heavy (non-hydrogen) atoms. The highest BCUT2D eigenvalue weighted by molar-refractivity contribution is 7.65. The maximum absolute atomic E-state index is 9.65. The standard InChI is InChI=1S/C5H8OS/c1-5(2)3-4-7-6/h3-4H,1-2H3. The summed E-state index contributed by atoms with van der Waals surface area (Å²) in [6.45, 7) is 3.90. The van der Waals surface area contributed by atoms with E-state index >= 15 is 0 Å². The van der Waals surface area contributed by atoms with Crippen molar-refractivity contribution in [3.63, 3.8) is 0 Å². The molecule has 0 N–H and O–H groups in total. The van der Waals surface area contributed by atoms with Gasteiger partial charge in [0.05, 0.1) is 11.3 Å². The maximum Gasteiger partial charge on any atom is 0.0885 e. The number of rotatable bonds is 1. The summed E-state index contributed by atoms with van der Waals surface area (Å²) in [5.74, 6) is 0. The van der Waals surface area contributed by atoms with Gasteiger partial charge >= 0.3 is 0 Å². The zero-order valence-corrected chi connectivity index (χ0v) is 5.29. The second-order valence-electron chi connectivity index (χ2n) is 1.48. The average molecular weight is 116 g/mol. The molecule has 0 bridgehead atoms. The molecule has 0 aromatic rings. The minimum Gasteiger partial charge on any atom is -0.212 e. The molecule has 0 unspecified atom stereocenters. The molecule has 0 spiro atoms. The molecule has 0 aliphatic heterocycles. The van der Waals surface area contributed by atoms with Crippen molar-refractivity contribution in [2.45, 2.75) is 13.8 Å². The predicted octanol–water partition coefficient (Wildman–Crippen LogP) is 0.968. The lowest BCUT2D eigenvalue weighted by Gasteiger charge is -1.75. The Kier molecular flexibility index (Phi) is 3.61. The minimum atomic E-state index is 0.479. The van der Waals surface area contributed by atoms with Crippen LogP contribution >= 0.6 is 0 Å². The first-order chi connectivity index (χ1) is 3.27. The Morgan fingerprint density at radius 3 is 2.29 bits per heavy atom. The van der Waals surface area contributed by atoms with Gasteiger partial charge < -0.3 is 0 Å². The van der Waals surface area contributed by atoms with Crippen LogP contribution in [0.5, 0.6) is 0 Å². The Bertz CT molecular complexity index is 116. The van der Waals surface area contributed by atoms with Gasteiger partial charge in [-0.05, 0) is 13.8 Å². The van der Waals surface area contributed by atoms with Crippen LogP contribution in [0.3, 0.4) is 0 Å². The first-order valence-corrected chi connectivity index (χ1v) is 2.83. The fraction of sp³-hybridized carbons (Fsp3) is 0.400. The lowest BCUT2D eigenvalue weighted by molar-refractivity contribution is 0.701. The molecule has 0 aromatic carbocycles. The van der Waals surface area contributed by atoms with Gasteiger partial charge in [-0.15, -0.1) is 0 Å². The van der Waals surface area contributed by atoms with Gasteiger partial charge in [0, 0.05) is 5.37 Å². The summed E-state index contributed by atoms with van der Waals surface area (Å²) >= 11 is 0.479. The van der Waals surface area contributed by atoms with E-state index in [1.54, 1.807) is 6.08 Å². The molecular weight excluding hydrogens is 108 g/mol. The first-order valence-electron chi connectivity index (χ1n) is 2.02. The normalized spacial score (nSPS) is 7.14. The molecule has 0 radical (unpaired) electrons. The van der Waals surface area contributed by atoms with Crippen LogP contribution in [0.25, 0.3) is 0 Å². The molecule has 0 rings (SSSR count).